The zero-order valence-corrected chi connectivity index (χ0v) is 18.2. The third-order valence-electron chi connectivity index (χ3n) is 5.03. The molecule has 1 rings (SSSR count). The number of hydrogen-bond acceptors (Lipinski definition) is 6. The van der Waals surface area contributed by atoms with Gasteiger partial charge in [-0.25, -0.2) is 0 Å². The van der Waals surface area contributed by atoms with E-state index in [2.05, 4.69) is 21.3 Å². The van der Waals surface area contributed by atoms with Crippen molar-refractivity contribution < 1.29 is 24.3 Å². The highest BCUT2D eigenvalue weighted by atomic mass is 16.4. The van der Waals surface area contributed by atoms with E-state index in [4.69, 9.17) is 10.8 Å². The van der Waals surface area contributed by atoms with Crippen molar-refractivity contribution >= 4 is 23.7 Å². The van der Waals surface area contributed by atoms with Gasteiger partial charge in [0.2, 0.25) is 17.7 Å². The molecule has 7 N–H and O–H groups in total. The van der Waals surface area contributed by atoms with Crippen LogP contribution in [0.3, 0.4) is 0 Å². The summed E-state index contributed by atoms with van der Waals surface area (Å²) >= 11 is 0. The van der Waals surface area contributed by atoms with Gasteiger partial charge >= 0.3 is 5.97 Å². The van der Waals surface area contributed by atoms with E-state index in [0.29, 0.717) is 32.2 Å². The summed E-state index contributed by atoms with van der Waals surface area (Å²) in [5, 5.41) is 20.0. The molecular formula is C20H37N5O5. The lowest BCUT2D eigenvalue weighted by atomic mass is 10.0. The molecule has 0 bridgehead atoms. The SMILES string of the molecule is CC(C)CC(NC(=O)C1CCCN1)C(=O)NC(CCCCN)C(=O)NC(C)C(=O)O. The van der Waals surface area contributed by atoms with Crippen molar-refractivity contribution in [2.75, 3.05) is 13.1 Å². The number of rotatable bonds is 13. The van der Waals surface area contributed by atoms with Crippen LogP contribution in [0.4, 0.5) is 0 Å². The topological polar surface area (TPSA) is 163 Å². The Morgan fingerprint density at radius 2 is 1.70 bits per heavy atom. The molecule has 0 saturated carbocycles. The number of nitrogens with one attached hydrogen (secondary N) is 4. The fraction of sp³-hybridized carbons (Fsp3) is 0.800. The highest BCUT2D eigenvalue weighted by Crippen LogP contribution is 2.10. The quantitative estimate of drug-likeness (QED) is 0.215. The number of carbonyl (C=O) groups is 4. The second-order valence-electron chi connectivity index (χ2n) is 8.25. The number of unbranched alkanes of at least 4 members (excludes halogenated alkanes) is 1. The van der Waals surface area contributed by atoms with Crippen LogP contribution in [0.1, 0.15) is 59.3 Å². The van der Waals surface area contributed by atoms with Gasteiger partial charge in [0.15, 0.2) is 0 Å². The second kappa shape index (κ2) is 13.2. The molecule has 0 aromatic rings. The number of carboxylic acids is 1. The first kappa shape index (κ1) is 25.8. The fourth-order valence-electron chi connectivity index (χ4n) is 3.29. The van der Waals surface area contributed by atoms with Crippen LogP contribution < -0.4 is 27.0 Å². The number of hydrogen-bond donors (Lipinski definition) is 6. The molecule has 4 unspecified atom stereocenters. The summed E-state index contributed by atoms with van der Waals surface area (Å²) in [7, 11) is 0. The van der Waals surface area contributed by atoms with Crippen LogP contribution in [0.5, 0.6) is 0 Å². The lowest BCUT2D eigenvalue weighted by Gasteiger charge is -2.25. The van der Waals surface area contributed by atoms with Crippen molar-refractivity contribution in [2.45, 2.75) is 83.5 Å². The summed E-state index contributed by atoms with van der Waals surface area (Å²) < 4.78 is 0. The van der Waals surface area contributed by atoms with Crippen LogP contribution in [0, 0.1) is 5.92 Å². The smallest absolute Gasteiger partial charge is 0.325 e. The normalized spacial score (nSPS) is 19.0. The lowest BCUT2D eigenvalue weighted by molar-refractivity contribution is -0.141. The van der Waals surface area contributed by atoms with Gasteiger partial charge in [-0.1, -0.05) is 13.8 Å². The van der Waals surface area contributed by atoms with Gasteiger partial charge in [0.05, 0.1) is 6.04 Å². The average molecular weight is 428 g/mol. The van der Waals surface area contributed by atoms with E-state index in [1.54, 1.807) is 0 Å². The van der Waals surface area contributed by atoms with Gasteiger partial charge in [0.1, 0.15) is 18.1 Å². The molecule has 0 radical (unpaired) electrons. The second-order valence-corrected chi connectivity index (χ2v) is 8.25. The Morgan fingerprint density at radius 3 is 2.23 bits per heavy atom. The van der Waals surface area contributed by atoms with E-state index in [1.807, 2.05) is 13.8 Å². The van der Waals surface area contributed by atoms with E-state index in [0.717, 1.165) is 19.4 Å². The third kappa shape index (κ3) is 9.08. The first-order valence-electron chi connectivity index (χ1n) is 10.7. The molecule has 1 heterocycles. The molecule has 1 saturated heterocycles. The largest absolute Gasteiger partial charge is 0.480 e. The highest BCUT2D eigenvalue weighted by Gasteiger charge is 2.31. The number of carboxylic acid groups (broad SMARTS) is 1. The van der Waals surface area contributed by atoms with Crippen LogP contribution in [-0.2, 0) is 19.2 Å². The van der Waals surface area contributed by atoms with E-state index in [9.17, 15) is 19.2 Å². The monoisotopic (exact) mass is 427 g/mol. The van der Waals surface area contributed by atoms with E-state index < -0.39 is 35.9 Å². The highest BCUT2D eigenvalue weighted by molar-refractivity contribution is 5.94. The van der Waals surface area contributed by atoms with Crippen LogP contribution in [0.25, 0.3) is 0 Å². The van der Waals surface area contributed by atoms with Crippen molar-refractivity contribution in [2.24, 2.45) is 11.7 Å². The summed E-state index contributed by atoms with van der Waals surface area (Å²) in [4.78, 5) is 49.0. The molecule has 1 fully saturated rings. The van der Waals surface area contributed by atoms with Crippen molar-refractivity contribution in [3.63, 3.8) is 0 Å². The number of carbonyl (C=O) groups excluding carboxylic acids is 3. The number of nitrogens with two attached hydrogens (primary N) is 1. The predicted octanol–water partition coefficient (Wildman–Crippen LogP) is -0.528. The summed E-state index contributed by atoms with van der Waals surface area (Å²) in [6.45, 7) is 6.47. The van der Waals surface area contributed by atoms with Crippen LogP contribution in [0.15, 0.2) is 0 Å². The van der Waals surface area contributed by atoms with Crippen LogP contribution in [-0.4, -0.2) is 66.1 Å². The summed E-state index contributed by atoms with van der Waals surface area (Å²) in [5.74, 6) is -2.26. The first-order valence-corrected chi connectivity index (χ1v) is 10.7. The minimum Gasteiger partial charge on any atom is -0.480 e. The van der Waals surface area contributed by atoms with Gasteiger partial charge in [-0.2, -0.15) is 0 Å². The Hall–Kier alpha value is -2.20. The molecule has 3 amide bonds. The average Bonchev–Trinajstić information content (AvgIpc) is 3.21. The molecule has 0 aromatic carbocycles. The Bertz CT molecular complexity index is 592. The summed E-state index contributed by atoms with van der Waals surface area (Å²) in [6, 6.07) is -3.07. The summed E-state index contributed by atoms with van der Waals surface area (Å²) in [5.41, 5.74) is 5.51. The van der Waals surface area contributed by atoms with Gasteiger partial charge in [-0.3, -0.25) is 19.2 Å². The Balaban J connectivity index is 2.83. The zero-order chi connectivity index (χ0) is 22.7. The molecule has 0 spiro atoms. The van der Waals surface area contributed by atoms with Crippen molar-refractivity contribution in [1.29, 1.82) is 0 Å². The predicted molar refractivity (Wildman–Crippen MR) is 112 cm³/mol. The van der Waals surface area contributed by atoms with E-state index >= 15 is 0 Å². The zero-order valence-electron chi connectivity index (χ0n) is 18.2. The maximum absolute atomic E-state index is 12.9. The molecule has 4 atom stereocenters. The van der Waals surface area contributed by atoms with Crippen molar-refractivity contribution in [3.05, 3.63) is 0 Å². The van der Waals surface area contributed by atoms with Crippen LogP contribution >= 0.6 is 0 Å². The van der Waals surface area contributed by atoms with Crippen LogP contribution in [0.2, 0.25) is 0 Å². The summed E-state index contributed by atoms with van der Waals surface area (Å²) in [6.07, 6.45) is 3.65. The maximum atomic E-state index is 12.9. The Kier molecular flexibility index (Phi) is 11.3. The van der Waals surface area contributed by atoms with Gasteiger partial charge in [0, 0.05) is 0 Å². The first-order chi connectivity index (χ1) is 14.1. The molecule has 0 aliphatic carbocycles. The third-order valence-corrected chi connectivity index (χ3v) is 5.03. The molecular weight excluding hydrogens is 390 g/mol. The molecule has 10 nitrogen and oxygen atoms in total. The van der Waals surface area contributed by atoms with Crippen molar-refractivity contribution in [1.82, 2.24) is 21.3 Å². The van der Waals surface area contributed by atoms with Crippen molar-refractivity contribution in [3.8, 4) is 0 Å². The number of aliphatic carboxylic acids is 1. The fourth-order valence-corrected chi connectivity index (χ4v) is 3.29. The standard InChI is InChI=1S/C20H37N5O5/c1-12(2)11-16(25-17(26)14-8-6-10-22-14)19(28)24-15(7-4-5-9-21)18(27)23-13(3)20(29)30/h12-16,22H,4-11,21H2,1-3H3,(H,23,27)(H,24,28)(H,25,26)(H,29,30). The molecule has 1 aliphatic heterocycles. The number of amides is 3. The molecule has 30 heavy (non-hydrogen) atoms. The molecule has 10 heteroatoms. The van der Waals surface area contributed by atoms with Gasteiger partial charge < -0.3 is 32.1 Å². The van der Waals surface area contributed by atoms with Gasteiger partial charge in [0.25, 0.3) is 0 Å². The Labute approximate surface area is 178 Å². The molecule has 172 valence electrons. The van der Waals surface area contributed by atoms with E-state index in [-0.39, 0.29) is 17.9 Å². The van der Waals surface area contributed by atoms with Gasteiger partial charge in [-0.05, 0) is 64.5 Å². The molecule has 1 aliphatic rings. The Morgan fingerprint density at radius 1 is 1.03 bits per heavy atom. The maximum Gasteiger partial charge on any atom is 0.325 e. The minimum atomic E-state index is -1.16. The minimum absolute atomic E-state index is 0.147. The van der Waals surface area contributed by atoms with Gasteiger partial charge in [-0.15, -0.1) is 0 Å². The lowest BCUT2D eigenvalue weighted by Crippen LogP contribution is -2.57. The molecule has 0 aromatic heterocycles. The van der Waals surface area contributed by atoms with E-state index in [1.165, 1.54) is 6.92 Å².